The first kappa shape index (κ1) is 14.1. The zero-order chi connectivity index (χ0) is 14.7. The fraction of sp³-hybridized carbons (Fsp3) is 0.389. The number of methoxy groups -OCH3 is 1. The Bertz CT molecular complexity index is 607. The van der Waals surface area contributed by atoms with Crippen molar-refractivity contribution in [3.05, 3.63) is 47.7 Å². The molecule has 1 aromatic heterocycles. The molecule has 1 aromatic carbocycles. The van der Waals surface area contributed by atoms with E-state index in [4.69, 9.17) is 4.74 Å². The number of aromatic nitrogens is 1. The molecule has 1 unspecified atom stereocenters. The Morgan fingerprint density at radius 3 is 2.81 bits per heavy atom. The van der Waals surface area contributed by atoms with Crippen LogP contribution in [0.15, 0.2) is 36.5 Å². The molecule has 1 aliphatic rings. The Morgan fingerprint density at radius 1 is 1.24 bits per heavy atom. The van der Waals surface area contributed by atoms with Crippen LogP contribution < -0.4 is 10.1 Å². The van der Waals surface area contributed by atoms with E-state index in [1.54, 1.807) is 7.11 Å². The summed E-state index contributed by atoms with van der Waals surface area (Å²) in [5.74, 6) is 0.656. The number of pyridine rings is 1. The van der Waals surface area contributed by atoms with Gasteiger partial charge in [-0.3, -0.25) is 0 Å². The highest BCUT2D eigenvalue weighted by molar-refractivity contribution is 5.65. The van der Waals surface area contributed by atoms with Crippen LogP contribution in [0.2, 0.25) is 0 Å². The Kier molecular flexibility index (Phi) is 4.20. The van der Waals surface area contributed by atoms with Crippen molar-refractivity contribution in [2.24, 2.45) is 0 Å². The number of nitrogens with one attached hydrogen (secondary N) is 1. The maximum absolute atomic E-state index is 5.11. The van der Waals surface area contributed by atoms with Crippen LogP contribution in [0.4, 0.5) is 0 Å². The summed E-state index contributed by atoms with van der Waals surface area (Å²) < 4.78 is 5.11. The maximum Gasteiger partial charge on any atom is 0.212 e. The second-order valence-electron chi connectivity index (χ2n) is 5.55. The van der Waals surface area contributed by atoms with Crippen LogP contribution in [0, 0.1) is 0 Å². The lowest BCUT2D eigenvalue weighted by molar-refractivity contribution is 0.398. The molecule has 1 aliphatic carbocycles. The van der Waals surface area contributed by atoms with Gasteiger partial charge in [0.1, 0.15) is 0 Å². The second-order valence-corrected chi connectivity index (χ2v) is 5.55. The number of rotatable bonds is 5. The van der Waals surface area contributed by atoms with E-state index in [9.17, 15) is 0 Å². The van der Waals surface area contributed by atoms with Crippen LogP contribution in [0.3, 0.4) is 0 Å². The van der Waals surface area contributed by atoms with Crippen LogP contribution in [0.5, 0.6) is 5.88 Å². The molecule has 0 saturated carbocycles. The van der Waals surface area contributed by atoms with Gasteiger partial charge < -0.3 is 10.1 Å². The van der Waals surface area contributed by atoms with Crippen molar-refractivity contribution in [2.45, 2.75) is 32.2 Å². The van der Waals surface area contributed by atoms with Gasteiger partial charge in [0.25, 0.3) is 0 Å². The van der Waals surface area contributed by atoms with Gasteiger partial charge in [0.05, 0.1) is 7.11 Å². The van der Waals surface area contributed by atoms with Gasteiger partial charge >= 0.3 is 0 Å². The highest BCUT2D eigenvalue weighted by atomic mass is 16.5. The summed E-state index contributed by atoms with van der Waals surface area (Å²) >= 11 is 0. The fourth-order valence-corrected chi connectivity index (χ4v) is 3.00. The van der Waals surface area contributed by atoms with E-state index in [1.807, 2.05) is 12.3 Å². The van der Waals surface area contributed by atoms with E-state index < -0.39 is 0 Å². The third-order valence-corrected chi connectivity index (χ3v) is 4.14. The van der Waals surface area contributed by atoms with Crippen LogP contribution in [-0.2, 0) is 6.42 Å². The monoisotopic (exact) mass is 282 g/mol. The lowest BCUT2D eigenvalue weighted by atomic mass is 10.0. The standard InChI is InChI=1S/C18H22N2O/c1-3-10-19-17-8-5-14-11-13(4-7-16(14)17)15-6-9-18(21-2)20-12-15/h4,6-7,9,11-12,17,19H,3,5,8,10H2,1-2H3. The first-order chi connectivity index (χ1) is 10.3. The van der Waals surface area contributed by atoms with Gasteiger partial charge in [-0.2, -0.15) is 0 Å². The molecule has 1 N–H and O–H groups in total. The van der Waals surface area contributed by atoms with Crippen molar-refractivity contribution < 1.29 is 4.74 Å². The smallest absolute Gasteiger partial charge is 0.212 e. The third kappa shape index (κ3) is 2.93. The lowest BCUT2D eigenvalue weighted by Crippen LogP contribution is -2.19. The number of aryl methyl sites for hydroxylation is 1. The molecule has 3 nitrogen and oxygen atoms in total. The number of ether oxygens (including phenoxy) is 1. The summed E-state index contributed by atoms with van der Waals surface area (Å²) in [6, 6.07) is 11.3. The first-order valence-electron chi connectivity index (χ1n) is 7.68. The molecular weight excluding hydrogens is 260 g/mol. The molecule has 0 radical (unpaired) electrons. The highest BCUT2D eigenvalue weighted by Gasteiger charge is 2.21. The van der Waals surface area contributed by atoms with Crippen molar-refractivity contribution in [1.82, 2.24) is 10.3 Å². The van der Waals surface area contributed by atoms with Gasteiger partial charge in [-0.15, -0.1) is 0 Å². The second kappa shape index (κ2) is 6.27. The van der Waals surface area contributed by atoms with Crippen molar-refractivity contribution in [2.75, 3.05) is 13.7 Å². The topological polar surface area (TPSA) is 34.1 Å². The minimum Gasteiger partial charge on any atom is -0.481 e. The summed E-state index contributed by atoms with van der Waals surface area (Å²) in [6.07, 6.45) is 5.43. The molecular formula is C18H22N2O. The molecule has 1 heterocycles. The van der Waals surface area contributed by atoms with Gasteiger partial charge in [-0.25, -0.2) is 4.98 Å². The first-order valence-corrected chi connectivity index (χ1v) is 7.68. The molecule has 2 aromatic rings. The summed E-state index contributed by atoms with van der Waals surface area (Å²) in [7, 11) is 1.64. The zero-order valence-electron chi connectivity index (χ0n) is 12.7. The van der Waals surface area contributed by atoms with Crippen molar-refractivity contribution >= 4 is 0 Å². The summed E-state index contributed by atoms with van der Waals surface area (Å²) in [6.45, 7) is 3.30. The predicted molar refractivity (Wildman–Crippen MR) is 85.6 cm³/mol. The largest absolute Gasteiger partial charge is 0.481 e. The molecule has 3 heteroatoms. The Labute approximate surface area is 126 Å². The lowest BCUT2D eigenvalue weighted by Gasteiger charge is -2.13. The number of fused-ring (bicyclic) bond motifs is 1. The minimum absolute atomic E-state index is 0.531. The van der Waals surface area contributed by atoms with E-state index in [1.165, 1.54) is 29.5 Å². The molecule has 110 valence electrons. The van der Waals surface area contributed by atoms with Gasteiger partial charge in [-0.05, 0) is 48.6 Å². The summed E-state index contributed by atoms with van der Waals surface area (Å²) in [4.78, 5) is 4.29. The molecule has 0 amide bonds. The SMILES string of the molecule is CCCNC1CCc2cc(-c3ccc(OC)nc3)ccc21. The molecule has 0 aliphatic heterocycles. The summed E-state index contributed by atoms with van der Waals surface area (Å²) in [5, 5.41) is 3.63. The Morgan fingerprint density at radius 2 is 2.10 bits per heavy atom. The zero-order valence-corrected chi connectivity index (χ0v) is 12.7. The van der Waals surface area contributed by atoms with E-state index in [2.05, 4.69) is 41.5 Å². The van der Waals surface area contributed by atoms with E-state index in [-0.39, 0.29) is 0 Å². The predicted octanol–water partition coefficient (Wildman–Crippen LogP) is 3.74. The maximum atomic E-state index is 5.11. The van der Waals surface area contributed by atoms with Gasteiger partial charge in [-0.1, -0.05) is 25.1 Å². The Balaban J connectivity index is 1.83. The number of hydrogen-bond acceptors (Lipinski definition) is 3. The molecule has 1 atom stereocenters. The van der Waals surface area contributed by atoms with Crippen molar-refractivity contribution in [3.8, 4) is 17.0 Å². The van der Waals surface area contributed by atoms with Gasteiger partial charge in [0, 0.05) is 23.9 Å². The normalized spacial score (nSPS) is 16.8. The number of hydrogen-bond donors (Lipinski definition) is 1. The van der Waals surface area contributed by atoms with E-state index >= 15 is 0 Å². The summed E-state index contributed by atoms with van der Waals surface area (Å²) in [5.41, 5.74) is 5.31. The molecule has 21 heavy (non-hydrogen) atoms. The number of nitrogens with zero attached hydrogens (tertiary/aromatic N) is 1. The van der Waals surface area contributed by atoms with Crippen LogP contribution >= 0.6 is 0 Å². The van der Waals surface area contributed by atoms with Gasteiger partial charge in [0.2, 0.25) is 5.88 Å². The van der Waals surface area contributed by atoms with Crippen molar-refractivity contribution in [1.29, 1.82) is 0 Å². The molecule has 0 spiro atoms. The molecule has 0 fully saturated rings. The van der Waals surface area contributed by atoms with Crippen LogP contribution in [-0.4, -0.2) is 18.6 Å². The fourth-order valence-electron chi connectivity index (χ4n) is 3.00. The molecule has 0 bridgehead atoms. The Hall–Kier alpha value is -1.87. The average Bonchev–Trinajstić information content (AvgIpc) is 2.95. The highest BCUT2D eigenvalue weighted by Crippen LogP contribution is 2.34. The quantitative estimate of drug-likeness (QED) is 0.907. The van der Waals surface area contributed by atoms with Gasteiger partial charge in [0.15, 0.2) is 0 Å². The molecule has 0 saturated heterocycles. The third-order valence-electron chi connectivity index (χ3n) is 4.14. The molecule has 3 rings (SSSR count). The van der Waals surface area contributed by atoms with E-state index in [0.29, 0.717) is 11.9 Å². The number of benzene rings is 1. The minimum atomic E-state index is 0.531. The average molecular weight is 282 g/mol. The van der Waals surface area contributed by atoms with Crippen LogP contribution in [0.25, 0.3) is 11.1 Å². The van der Waals surface area contributed by atoms with E-state index in [0.717, 1.165) is 18.5 Å². The van der Waals surface area contributed by atoms with Crippen molar-refractivity contribution in [3.63, 3.8) is 0 Å². The van der Waals surface area contributed by atoms with Crippen LogP contribution in [0.1, 0.15) is 36.9 Å².